The summed E-state index contributed by atoms with van der Waals surface area (Å²) in [5.74, 6) is -2.71. The molecule has 3 aromatic rings. The molecule has 182 valence electrons. The second-order valence-electron chi connectivity index (χ2n) is 8.49. The number of halogens is 3. The molecule has 1 N–H and O–H groups in total. The maximum Gasteiger partial charge on any atom is 0.282 e. The van der Waals surface area contributed by atoms with Gasteiger partial charge >= 0.3 is 0 Å². The number of hydrogen-bond acceptors (Lipinski definition) is 6. The number of aryl methyl sites for hydroxylation is 1. The Hall–Kier alpha value is -2.99. The van der Waals surface area contributed by atoms with Gasteiger partial charge in [0, 0.05) is 29.9 Å². The molecule has 4 rings (SSSR count). The van der Waals surface area contributed by atoms with Crippen molar-refractivity contribution in [1.82, 2.24) is 19.5 Å². The zero-order chi connectivity index (χ0) is 25.0. The van der Waals surface area contributed by atoms with E-state index in [0.29, 0.717) is 22.7 Å². The molecule has 1 aliphatic heterocycles. The lowest BCUT2D eigenvalue weighted by Gasteiger charge is -2.40. The molecule has 0 radical (unpaired) electrons. The first kappa shape index (κ1) is 24.1. The summed E-state index contributed by atoms with van der Waals surface area (Å²) >= 11 is 6.05. The third-order valence-electron chi connectivity index (χ3n) is 5.60. The van der Waals surface area contributed by atoms with Gasteiger partial charge in [0.2, 0.25) is 10.0 Å². The first-order chi connectivity index (χ1) is 15.7. The van der Waals surface area contributed by atoms with Crippen molar-refractivity contribution in [2.45, 2.75) is 25.8 Å². The van der Waals surface area contributed by atoms with Crippen molar-refractivity contribution in [2.24, 2.45) is 0 Å². The van der Waals surface area contributed by atoms with Gasteiger partial charge in [-0.3, -0.25) is 9.52 Å². The summed E-state index contributed by atoms with van der Waals surface area (Å²) in [4.78, 5) is 20.7. The highest BCUT2D eigenvalue weighted by molar-refractivity contribution is 7.92. The molecular weight excluding hydrogens is 490 g/mol. The van der Waals surface area contributed by atoms with Gasteiger partial charge in [0.15, 0.2) is 5.65 Å². The number of anilines is 2. The van der Waals surface area contributed by atoms with Crippen molar-refractivity contribution in [3.63, 3.8) is 0 Å². The van der Waals surface area contributed by atoms with Gasteiger partial charge in [-0.2, -0.15) is 5.10 Å². The standard InChI is InChI=1S/C21H23ClF2N6O3S/c1-12-9-30-18(25-19(12)29-10-21(23,24)11-29)8-17(26-30)13(2)28(3)20(31)15-7-14(22)5-6-16(15)27-34(4,32)33/h5-9,13,27H,10-11H2,1-4H3/t13-/m0/s1. The van der Waals surface area contributed by atoms with Crippen LogP contribution in [0.3, 0.4) is 0 Å². The van der Waals surface area contributed by atoms with Crippen LogP contribution < -0.4 is 9.62 Å². The Morgan fingerprint density at radius 3 is 2.59 bits per heavy atom. The van der Waals surface area contributed by atoms with E-state index >= 15 is 0 Å². The largest absolute Gasteiger partial charge is 0.344 e. The summed E-state index contributed by atoms with van der Waals surface area (Å²) in [5.41, 5.74) is 1.88. The number of benzene rings is 1. The van der Waals surface area contributed by atoms with E-state index in [1.54, 1.807) is 33.2 Å². The molecule has 1 aromatic carbocycles. The average molecular weight is 513 g/mol. The molecule has 3 heterocycles. The van der Waals surface area contributed by atoms with E-state index in [1.807, 2.05) is 0 Å². The number of carbonyl (C=O) groups excluding carboxylic acids is 1. The highest BCUT2D eigenvalue weighted by Gasteiger charge is 2.45. The molecule has 0 spiro atoms. The summed E-state index contributed by atoms with van der Waals surface area (Å²) in [6.07, 6.45) is 2.70. The van der Waals surface area contributed by atoms with Crippen molar-refractivity contribution in [3.05, 3.63) is 52.3 Å². The number of carbonyl (C=O) groups is 1. The van der Waals surface area contributed by atoms with E-state index < -0.39 is 27.9 Å². The molecule has 1 amide bonds. The summed E-state index contributed by atoms with van der Waals surface area (Å²) in [6, 6.07) is 5.47. The number of hydrogen-bond donors (Lipinski definition) is 1. The van der Waals surface area contributed by atoms with Gasteiger partial charge in [-0.1, -0.05) is 11.6 Å². The summed E-state index contributed by atoms with van der Waals surface area (Å²) in [5, 5.41) is 4.78. The van der Waals surface area contributed by atoms with Gasteiger partial charge in [0.05, 0.1) is 42.3 Å². The quantitative estimate of drug-likeness (QED) is 0.543. The van der Waals surface area contributed by atoms with Crippen LogP contribution in [-0.4, -0.2) is 66.1 Å². The zero-order valence-corrected chi connectivity index (χ0v) is 20.5. The fraction of sp³-hybridized carbons (Fsp3) is 0.381. The smallest absolute Gasteiger partial charge is 0.282 e. The Morgan fingerprint density at radius 1 is 1.29 bits per heavy atom. The van der Waals surface area contributed by atoms with Crippen LogP contribution in [0, 0.1) is 6.92 Å². The lowest BCUT2D eigenvalue weighted by atomic mass is 10.1. The Bertz CT molecular complexity index is 1390. The van der Waals surface area contributed by atoms with Crippen LogP contribution in [0.5, 0.6) is 0 Å². The van der Waals surface area contributed by atoms with Crippen LogP contribution in [0.15, 0.2) is 30.5 Å². The van der Waals surface area contributed by atoms with Gasteiger partial charge < -0.3 is 9.80 Å². The molecule has 2 aromatic heterocycles. The Morgan fingerprint density at radius 2 is 1.97 bits per heavy atom. The van der Waals surface area contributed by atoms with Gasteiger partial charge in [-0.15, -0.1) is 0 Å². The minimum Gasteiger partial charge on any atom is -0.344 e. The summed E-state index contributed by atoms with van der Waals surface area (Å²) < 4.78 is 53.9. The van der Waals surface area contributed by atoms with Gasteiger partial charge in [-0.05, 0) is 32.0 Å². The Labute approximate surface area is 200 Å². The number of rotatable bonds is 6. The second kappa shape index (κ2) is 8.35. The van der Waals surface area contributed by atoms with Crippen LogP contribution in [0.1, 0.15) is 34.6 Å². The van der Waals surface area contributed by atoms with Crippen molar-refractivity contribution in [1.29, 1.82) is 0 Å². The van der Waals surface area contributed by atoms with Crippen molar-refractivity contribution in [3.8, 4) is 0 Å². The number of fused-ring (bicyclic) bond motifs is 1. The minimum absolute atomic E-state index is 0.0889. The molecule has 0 bridgehead atoms. The molecule has 1 aliphatic rings. The van der Waals surface area contributed by atoms with Crippen molar-refractivity contribution < 1.29 is 22.0 Å². The zero-order valence-electron chi connectivity index (χ0n) is 18.9. The van der Waals surface area contributed by atoms with Crippen molar-refractivity contribution in [2.75, 3.05) is 36.0 Å². The lowest BCUT2D eigenvalue weighted by Crippen LogP contribution is -2.56. The molecule has 1 fully saturated rings. The second-order valence-corrected chi connectivity index (χ2v) is 10.7. The van der Waals surface area contributed by atoms with E-state index in [0.717, 1.165) is 6.26 Å². The molecule has 0 saturated carbocycles. The Balaban J connectivity index is 1.62. The van der Waals surface area contributed by atoms with E-state index in [9.17, 15) is 22.0 Å². The maximum atomic E-state index is 13.3. The van der Waals surface area contributed by atoms with Crippen LogP contribution in [0.25, 0.3) is 5.65 Å². The molecule has 0 unspecified atom stereocenters. The normalized spacial score (nSPS) is 16.3. The summed E-state index contributed by atoms with van der Waals surface area (Å²) in [6.45, 7) is 2.77. The minimum atomic E-state index is -3.62. The van der Waals surface area contributed by atoms with Crippen LogP contribution in [-0.2, 0) is 10.0 Å². The molecule has 9 nitrogen and oxygen atoms in total. The summed E-state index contributed by atoms with van der Waals surface area (Å²) in [7, 11) is -2.06. The van der Waals surface area contributed by atoms with Gasteiger partial charge in [0.25, 0.3) is 11.8 Å². The van der Waals surface area contributed by atoms with E-state index in [2.05, 4.69) is 14.8 Å². The van der Waals surface area contributed by atoms with E-state index in [4.69, 9.17) is 11.6 Å². The van der Waals surface area contributed by atoms with Crippen LogP contribution in [0.2, 0.25) is 5.02 Å². The maximum absolute atomic E-state index is 13.3. The highest BCUT2D eigenvalue weighted by atomic mass is 35.5. The topological polar surface area (TPSA) is 99.9 Å². The predicted octanol–water partition coefficient (Wildman–Crippen LogP) is 3.35. The fourth-order valence-corrected chi connectivity index (χ4v) is 4.50. The fourth-order valence-electron chi connectivity index (χ4n) is 3.75. The first-order valence-electron chi connectivity index (χ1n) is 10.3. The number of amides is 1. The molecule has 1 saturated heterocycles. The third kappa shape index (κ3) is 4.78. The molecule has 34 heavy (non-hydrogen) atoms. The lowest BCUT2D eigenvalue weighted by molar-refractivity contribution is -0.0267. The monoisotopic (exact) mass is 512 g/mol. The molecule has 1 atom stereocenters. The number of alkyl halides is 2. The SMILES string of the molecule is Cc1cn2nc([C@H](C)N(C)C(=O)c3cc(Cl)ccc3NS(C)(=O)=O)cc2nc1N1CC(F)(F)C1. The van der Waals surface area contributed by atoms with E-state index in [-0.39, 0.29) is 29.4 Å². The van der Waals surface area contributed by atoms with E-state index in [1.165, 1.54) is 32.5 Å². The molecular formula is C21H23ClF2N6O3S. The number of nitrogens with zero attached hydrogens (tertiary/aromatic N) is 5. The van der Waals surface area contributed by atoms with Crippen molar-refractivity contribution >= 4 is 44.7 Å². The molecule has 0 aliphatic carbocycles. The predicted molar refractivity (Wildman–Crippen MR) is 125 cm³/mol. The average Bonchev–Trinajstić information content (AvgIpc) is 3.12. The highest BCUT2D eigenvalue weighted by Crippen LogP contribution is 2.33. The molecule has 13 heteroatoms. The van der Waals surface area contributed by atoms with Crippen LogP contribution in [0.4, 0.5) is 20.3 Å². The van der Waals surface area contributed by atoms with Gasteiger partial charge in [0.1, 0.15) is 5.82 Å². The first-order valence-corrected chi connectivity index (χ1v) is 12.6. The number of aromatic nitrogens is 3. The Kier molecular flexibility index (Phi) is 5.93. The van der Waals surface area contributed by atoms with Crippen LogP contribution >= 0.6 is 11.6 Å². The van der Waals surface area contributed by atoms with Gasteiger partial charge in [-0.25, -0.2) is 26.7 Å². The number of sulfonamides is 1. The number of nitrogens with one attached hydrogen (secondary N) is 1. The third-order valence-corrected chi connectivity index (χ3v) is 6.43.